The average molecular weight is 525 g/mol. The van der Waals surface area contributed by atoms with E-state index in [0.717, 1.165) is 0 Å². The number of benzene rings is 5. The van der Waals surface area contributed by atoms with Gasteiger partial charge >= 0.3 is 0 Å². The first-order valence-corrected chi connectivity index (χ1v) is 13.1. The fourth-order valence-corrected chi connectivity index (χ4v) is 4.84. The monoisotopic (exact) mass is 524 g/mol. The molecule has 5 heteroatoms. The fourth-order valence-electron chi connectivity index (χ4n) is 4.84. The van der Waals surface area contributed by atoms with Gasteiger partial charge in [-0.2, -0.15) is 5.21 Å². The molecule has 198 valence electrons. The second-order valence-corrected chi connectivity index (χ2v) is 9.23. The Morgan fingerprint density at radius 3 is 1.35 bits per heavy atom. The Morgan fingerprint density at radius 2 is 0.975 bits per heavy atom. The molecule has 1 heterocycles. The summed E-state index contributed by atoms with van der Waals surface area (Å²) in [6.07, 6.45) is 1.33. The highest BCUT2D eigenvalue weighted by Crippen LogP contribution is 2.48. The number of hydrogen-bond acceptors (Lipinski definition) is 4. The summed E-state index contributed by atoms with van der Waals surface area (Å²) < 4.78 is 0. The van der Waals surface area contributed by atoms with E-state index in [9.17, 15) is 4.79 Å². The van der Waals surface area contributed by atoms with Crippen molar-refractivity contribution in [1.82, 2.24) is 20.6 Å². The van der Waals surface area contributed by atoms with E-state index in [1.54, 1.807) is 0 Å². The molecule has 0 radical (unpaired) electrons. The van der Waals surface area contributed by atoms with Gasteiger partial charge in [0.15, 0.2) is 6.33 Å². The van der Waals surface area contributed by atoms with Crippen molar-refractivity contribution in [2.24, 2.45) is 0 Å². The van der Waals surface area contributed by atoms with Crippen LogP contribution in [0.15, 0.2) is 152 Å². The molecule has 0 saturated heterocycles. The molecule has 0 fully saturated rings. The molecule has 0 bridgehead atoms. The molecule has 0 aliphatic heterocycles. The van der Waals surface area contributed by atoms with Crippen molar-refractivity contribution in [3.8, 4) is 11.1 Å². The van der Waals surface area contributed by atoms with Crippen LogP contribution in [0.1, 0.15) is 36.1 Å². The molecule has 5 aromatic carbocycles. The number of H-pyrrole nitrogens is 1. The van der Waals surface area contributed by atoms with Crippen molar-refractivity contribution < 1.29 is 4.79 Å². The summed E-state index contributed by atoms with van der Waals surface area (Å²) in [5, 5.41) is 12.2. The Kier molecular flexibility index (Phi) is 9.84. The SMILES string of the molecule is CC(C)=O.c1ccc(-c2ccccc2C(c2ccccc2)(c2ccccc2)c2ccccc2)cc1.c1nn[nH]n1. The molecule has 0 unspecified atom stereocenters. The maximum absolute atomic E-state index is 9.44. The number of nitrogens with zero attached hydrogens (tertiary/aromatic N) is 3. The van der Waals surface area contributed by atoms with Gasteiger partial charge in [0.05, 0.1) is 5.41 Å². The number of tetrazole rings is 1. The number of Topliss-reactive ketones (excluding diaryl/α,β-unsaturated/α-hetero) is 1. The van der Waals surface area contributed by atoms with Gasteiger partial charge in [-0.3, -0.25) is 0 Å². The molecule has 1 aromatic heterocycles. The van der Waals surface area contributed by atoms with E-state index in [4.69, 9.17) is 0 Å². The molecular formula is C35H32N4O. The Hall–Kier alpha value is -5.16. The molecule has 1 N–H and O–H groups in total. The third-order valence-electron chi connectivity index (χ3n) is 6.31. The molecule has 0 amide bonds. The summed E-state index contributed by atoms with van der Waals surface area (Å²) in [6.45, 7) is 3.06. The number of carbonyl (C=O) groups excluding carboxylic acids is 1. The fraction of sp³-hybridized carbons (Fsp3) is 0.0857. The predicted octanol–water partition coefficient (Wildman–Crippen LogP) is 7.53. The second kappa shape index (κ2) is 14.1. The molecule has 0 aliphatic rings. The van der Waals surface area contributed by atoms with Gasteiger partial charge in [-0.25, -0.2) is 0 Å². The van der Waals surface area contributed by atoms with E-state index < -0.39 is 5.41 Å². The van der Waals surface area contributed by atoms with Crippen LogP contribution >= 0.6 is 0 Å². The highest BCUT2D eigenvalue weighted by atomic mass is 16.1. The molecule has 6 rings (SSSR count). The first kappa shape index (κ1) is 27.9. The predicted molar refractivity (Wildman–Crippen MR) is 161 cm³/mol. The number of rotatable bonds is 5. The topological polar surface area (TPSA) is 71.5 Å². The number of aromatic amines is 1. The van der Waals surface area contributed by atoms with Crippen LogP contribution in [-0.4, -0.2) is 26.4 Å². The second-order valence-electron chi connectivity index (χ2n) is 9.23. The summed E-state index contributed by atoms with van der Waals surface area (Å²) in [5.74, 6) is 0.167. The van der Waals surface area contributed by atoms with Crippen molar-refractivity contribution in [2.45, 2.75) is 19.3 Å². The van der Waals surface area contributed by atoms with Crippen LogP contribution in [0, 0.1) is 0 Å². The molecular weight excluding hydrogens is 492 g/mol. The van der Waals surface area contributed by atoms with E-state index in [-0.39, 0.29) is 5.78 Å². The Labute approximate surface area is 235 Å². The molecule has 0 spiro atoms. The Morgan fingerprint density at radius 1 is 0.575 bits per heavy atom. The number of aromatic nitrogens is 4. The third kappa shape index (κ3) is 6.63. The summed E-state index contributed by atoms with van der Waals surface area (Å²) >= 11 is 0. The zero-order valence-electron chi connectivity index (χ0n) is 22.7. The number of ketones is 1. The van der Waals surface area contributed by atoms with Crippen LogP contribution in [0.5, 0.6) is 0 Å². The van der Waals surface area contributed by atoms with Crippen molar-refractivity contribution in [2.75, 3.05) is 0 Å². The van der Waals surface area contributed by atoms with Gasteiger partial charge in [-0.1, -0.05) is 151 Å². The van der Waals surface area contributed by atoms with Gasteiger partial charge in [0.2, 0.25) is 0 Å². The van der Waals surface area contributed by atoms with Gasteiger partial charge in [-0.05, 0) is 47.2 Å². The first-order valence-electron chi connectivity index (χ1n) is 13.1. The first-order chi connectivity index (χ1) is 19.6. The van der Waals surface area contributed by atoms with Gasteiger partial charge < -0.3 is 4.79 Å². The lowest BCUT2D eigenvalue weighted by atomic mass is 9.63. The van der Waals surface area contributed by atoms with E-state index in [0.29, 0.717) is 0 Å². The van der Waals surface area contributed by atoms with Gasteiger partial charge in [0.25, 0.3) is 0 Å². The molecule has 0 atom stereocenters. The minimum Gasteiger partial charge on any atom is -0.300 e. The quantitative estimate of drug-likeness (QED) is 0.237. The largest absolute Gasteiger partial charge is 0.300 e. The summed E-state index contributed by atoms with van der Waals surface area (Å²) in [4.78, 5) is 9.44. The molecule has 5 nitrogen and oxygen atoms in total. The number of hydrogen-bond donors (Lipinski definition) is 1. The third-order valence-corrected chi connectivity index (χ3v) is 6.31. The van der Waals surface area contributed by atoms with Crippen LogP contribution in [-0.2, 0) is 10.2 Å². The van der Waals surface area contributed by atoms with Crippen LogP contribution in [0.3, 0.4) is 0 Å². The van der Waals surface area contributed by atoms with Crippen LogP contribution in [0.2, 0.25) is 0 Å². The molecule has 0 aliphatic carbocycles. The summed E-state index contributed by atoms with van der Waals surface area (Å²) in [5.41, 5.74) is 7.10. The zero-order chi connectivity index (χ0) is 28.0. The van der Waals surface area contributed by atoms with E-state index >= 15 is 0 Å². The standard InChI is InChI=1S/C31H24.C3H6O.CH2N4/c1-5-15-25(16-6-1)29-23-13-14-24-30(29)31(26-17-7-2-8-18-26,27-19-9-3-10-20-27)28-21-11-4-12-22-28;1-3(2)4;1-2-4-5-3-1/h1-24H;1-2H3;1H,(H,2,3,4,5). The molecule has 40 heavy (non-hydrogen) atoms. The highest BCUT2D eigenvalue weighted by Gasteiger charge is 2.39. The van der Waals surface area contributed by atoms with Gasteiger partial charge in [0.1, 0.15) is 5.78 Å². The van der Waals surface area contributed by atoms with Crippen molar-refractivity contribution in [3.05, 3.63) is 174 Å². The maximum atomic E-state index is 9.44. The molecule has 0 saturated carbocycles. The summed E-state index contributed by atoms with van der Waals surface area (Å²) in [7, 11) is 0. The van der Waals surface area contributed by atoms with Crippen molar-refractivity contribution in [3.63, 3.8) is 0 Å². The normalized spacial score (nSPS) is 10.3. The smallest absolute Gasteiger partial charge is 0.161 e. The summed E-state index contributed by atoms with van der Waals surface area (Å²) in [6, 6.07) is 52.1. The van der Waals surface area contributed by atoms with Gasteiger partial charge in [0, 0.05) is 0 Å². The Balaban J connectivity index is 0.000000354. The molecule has 6 aromatic rings. The number of carbonyl (C=O) groups is 1. The minimum atomic E-state index is -0.434. The average Bonchev–Trinajstić information content (AvgIpc) is 3.61. The van der Waals surface area contributed by atoms with Crippen LogP contribution in [0.25, 0.3) is 11.1 Å². The lowest BCUT2D eigenvalue weighted by molar-refractivity contribution is -0.114. The lowest BCUT2D eigenvalue weighted by Crippen LogP contribution is -2.31. The Bertz CT molecular complexity index is 1440. The minimum absolute atomic E-state index is 0.167. The highest BCUT2D eigenvalue weighted by molar-refractivity contribution is 5.75. The van der Waals surface area contributed by atoms with Crippen molar-refractivity contribution in [1.29, 1.82) is 0 Å². The van der Waals surface area contributed by atoms with E-state index in [1.807, 2.05) is 0 Å². The van der Waals surface area contributed by atoms with Crippen molar-refractivity contribution >= 4 is 5.78 Å². The zero-order valence-corrected chi connectivity index (χ0v) is 22.7. The van der Waals surface area contributed by atoms with Crippen LogP contribution in [0.4, 0.5) is 0 Å². The maximum Gasteiger partial charge on any atom is 0.161 e. The van der Waals surface area contributed by atoms with E-state index in [1.165, 1.54) is 53.6 Å². The van der Waals surface area contributed by atoms with Crippen LogP contribution < -0.4 is 0 Å². The number of nitrogens with one attached hydrogen (secondary N) is 1. The van der Waals surface area contributed by atoms with E-state index in [2.05, 4.69) is 166 Å². The van der Waals surface area contributed by atoms with Gasteiger partial charge in [-0.15, -0.1) is 10.2 Å². The lowest BCUT2D eigenvalue weighted by Gasteiger charge is -2.38.